The van der Waals surface area contributed by atoms with E-state index < -0.39 is 0 Å². The standard InChI is InChI=1S/C25H28IN3O4S/c1-5-27-25-29(6-2)24(31)21(34-25)14-17-12-19(26)23(20(13-17)32-7-3)33-15-22(30)28-18-10-8-16(4)9-11-18/h8-14H,5-7,15H2,1-4H3,(H,28,30)/b21-14+,27-25?. The van der Waals surface area contributed by atoms with Gasteiger partial charge in [-0.1, -0.05) is 17.7 Å². The van der Waals surface area contributed by atoms with Gasteiger partial charge in [-0.25, -0.2) is 0 Å². The second-order valence-electron chi connectivity index (χ2n) is 7.38. The van der Waals surface area contributed by atoms with E-state index in [-0.39, 0.29) is 18.4 Å². The van der Waals surface area contributed by atoms with Crippen molar-refractivity contribution in [2.24, 2.45) is 4.99 Å². The Morgan fingerprint density at radius 2 is 1.91 bits per heavy atom. The van der Waals surface area contributed by atoms with Gasteiger partial charge in [0.15, 0.2) is 23.3 Å². The third-order valence-electron chi connectivity index (χ3n) is 4.81. The molecular formula is C25H28IN3O4S. The maximum Gasteiger partial charge on any atom is 0.266 e. The third-order valence-corrected chi connectivity index (χ3v) is 6.66. The Balaban J connectivity index is 1.78. The zero-order valence-corrected chi connectivity index (χ0v) is 22.7. The van der Waals surface area contributed by atoms with E-state index in [1.165, 1.54) is 11.8 Å². The highest BCUT2D eigenvalue weighted by Gasteiger charge is 2.32. The highest BCUT2D eigenvalue weighted by atomic mass is 127. The normalized spacial score (nSPS) is 15.8. The molecule has 1 aliphatic rings. The molecule has 0 spiro atoms. The molecule has 2 aromatic carbocycles. The minimum Gasteiger partial charge on any atom is -0.490 e. The number of hydrogen-bond donors (Lipinski definition) is 1. The van der Waals surface area contributed by atoms with Crippen LogP contribution < -0.4 is 14.8 Å². The van der Waals surface area contributed by atoms with E-state index in [2.05, 4.69) is 32.9 Å². The minimum atomic E-state index is -0.261. The number of aliphatic imine (C=N–C) groups is 1. The molecule has 2 aromatic rings. The van der Waals surface area contributed by atoms with Gasteiger partial charge in [-0.05, 0) is 98.0 Å². The van der Waals surface area contributed by atoms with Gasteiger partial charge >= 0.3 is 0 Å². The molecule has 7 nitrogen and oxygen atoms in total. The van der Waals surface area contributed by atoms with Gasteiger partial charge in [0, 0.05) is 18.8 Å². The predicted octanol–water partition coefficient (Wildman–Crippen LogP) is 5.33. The van der Waals surface area contributed by atoms with Crippen LogP contribution in [0.15, 0.2) is 46.3 Å². The molecule has 1 aliphatic heterocycles. The van der Waals surface area contributed by atoms with Crippen LogP contribution in [-0.2, 0) is 9.59 Å². The molecule has 1 fully saturated rings. The van der Waals surface area contributed by atoms with Crippen LogP contribution in [0.25, 0.3) is 6.08 Å². The lowest BCUT2D eigenvalue weighted by molar-refractivity contribution is -0.122. The Bertz CT molecular complexity index is 1120. The van der Waals surface area contributed by atoms with Gasteiger partial charge in [-0.2, -0.15) is 0 Å². The number of likely N-dealkylation sites (N-methyl/N-ethyl adjacent to an activating group) is 1. The predicted molar refractivity (Wildman–Crippen MR) is 147 cm³/mol. The molecule has 9 heteroatoms. The van der Waals surface area contributed by atoms with Crippen LogP contribution in [-0.4, -0.2) is 48.2 Å². The smallest absolute Gasteiger partial charge is 0.266 e. The number of nitrogens with one attached hydrogen (secondary N) is 1. The molecule has 1 N–H and O–H groups in total. The maximum atomic E-state index is 12.8. The molecule has 0 bridgehead atoms. The molecule has 0 aliphatic carbocycles. The molecule has 34 heavy (non-hydrogen) atoms. The number of thioether (sulfide) groups is 1. The molecule has 0 radical (unpaired) electrons. The topological polar surface area (TPSA) is 80.2 Å². The van der Waals surface area contributed by atoms with E-state index in [0.717, 1.165) is 19.9 Å². The van der Waals surface area contributed by atoms with Crippen molar-refractivity contribution in [3.05, 3.63) is 56.0 Å². The summed E-state index contributed by atoms with van der Waals surface area (Å²) in [5.74, 6) is 0.705. The highest BCUT2D eigenvalue weighted by molar-refractivity contribution is 14.1. The van der Waals surface area contributed by atoms with Gasteiger partial charge in [0.05, 0.1) is 15.1 Å². The van der Waals surface area contributed by atoms with Crippen LogP contribution in [0, 0.1) is 10.5 Å². The monoisotopic (exact) mass is 593 g/mol. The lowest BCUT2D eigenvalue weighted by Crippen LogP contribution is -2.28. The summed E-state index contributed by atoms with van der Waals surface area (Å²) in [6, 6.07) is 11.3. The molecule has 0 unspecified atom stereocenters. The molecule has 180 valence electrons. The van der Waals surface area contributed by atoms with Gasteiger partial charge in [-0.15, -0.1) is 0 Å². The van der Waals surface area contributed by atoms with Crippen molar-refractivity contribution in [2.75, 3.05) is 31.6 Å². The second-order valence-corrected chi connectivity index (χ2v) is 9.55. The number of amides is 2. The Hall–Kier alpha value is -2.53. The summed E-state index contributed by atoms with van der Waals surface area (Å²) in [6.45, 7) is 9.23. The van der Waals surface area contributed by atoms with Gasteiger partial charge in [0.1, 0.15) is 0 Å². The Morgan fingerprint density at radius 3 is 2.56 bits per heavy atom. The summed E-state index contributed by atoms with van der Waals surface area (Å²) in [5, 5.41) is 3.55. The summed E-state index contributed by atoms with van der Waals surface area (Å²) in [5.41, 5.74) is 2.65. The quantitative estimate of drug-likeness (QED) is 0.314. The fourth-order valence-corrected chi connectivity index (χ4v) is 5.12. The third kappa shape index (κ3) is 6.53. The van der Waals surface area contributed by atoms with E-state index in [9.17, 15) is 9.59 Å². The Morgan fingerprint density at radius 1 is 1.18 bits per heavy atom. The molecule has 0 atom stereocenters. The molecule has 2 amide bonds. The Kier molecular flexibility index (Phi) is 9.40. The van der Waals surface area contributed by atoms with E-state index >= 15 is 0 Å². The number of nitrogens with zero attached hydrogens (tertiary/aromatic N) is 2. The zero-order chi connectivity index (χ0) is 24.7. The van der Waals surface area contributed by atoms with Crippen LogP contribution in [0.4, 0.5) is 5.69 Å². The van der Waals surface area contributed by atoms with Crippen LogP contribution >= 0.6 is 34.4 Å². The number of halogens is 1. The largest absolute Gasteiger partial charge is 0.490 e. The molecule has 3 rings (SSSR count). The van der Waals surface area contributed by atoms with Crippen LogP contribution in [0.5, 0.6) is 11.5 Å². The van der Waals surface area contributed by atoms with Crippen molar-refractivity contribution in [1.29, 1.82) is 0 Å². The van der Waals surface area contributed by atoms with Gasteiger partial charge in [0.25, 0.3) is 11.8 Å². The molecule has 0 saturated carbocycles. The van der Waals surface area contributed by atoms with E-state index in [1.54, 1.807) is 4.90 Å². The highest BCUT2D eigenvalue weighted by Crippen LogP contribution is 2.37. The second kappa shape index (κ2) is 12.3. The number of carbonyl (C=O) groups excluding carboxylic acids is 2. The first-order chi connectivity index (χ1) is 16.4. The average molecular weight is 593 g/mol. The zero-order valence-electron chi connectivity index (χ0n) is 19.7. The van der Waals surface area contributed by atoms with E-state index in [1.807, 2.05) is 70.2 Å². The van der Waals surface area contributed by atoms with Gasteiger partial charge in [0.2, 0.25) is 0 Å². The maximum absolute atomic E-state index is 12.8. The number of hydrogen-bond acceptors (Lipinski definition) is 6. The first-order valence-corrected chi connectivity index (χ1v) is 13.0. The lowest BCUT2D eigenvalue weighted by atomic mass is 10.2. The van der Waals surface area contributed by atoms with E-state index in [4.69, 9.17) is 9.47 Å². The van der Waals surface area contributed by atoms with Crippen molar-refractivity contribution in [2.45, 2.75) is 27.7 Å². The average Bonchev–Trinajstić information content (AvgIpc) is 3.09. The van der Waals surface area contributed by atoms with Crippen molar-refractivity contribution in [3.8, 4) is 11.5 Å². The number of anilines is 1. The summed E-state index contributed by atoms with van der Waals surface area (Å²) in [4.78, 5) is 31.9. The van der Waals surface area contributed by atoms with E-state index in [0.29, 0.717) is 41.8 Å². The molecule has 1 heterocycles. The molecule has 1 saturated heterocycles. The number of ether oxygens (including phenoxy) is 2. The fraction of sp³-hybridized carbons (Fsp3) is 0.320. The van der Waals surface area contributed by atoms with Gasteiger partial charge in [-0.3, -0.25) is 19.5 Å². The van der Waals surface area contributed by atoms with Crippen LogP contribution in [0.1, 0.15) is 31.9 Å². The molecular weight excluding hydrogens is 565 g/mol. The SMILES string of the molecule is CCN=C1S/C(=C/c2cc(I)c(OCC(=O)Nc3ccc(C)cc3)c(OCC)c2)C(=O)N1CC. The van der Waals surface area contributed by atoms with Crippen molar-refractivity contribution in [3.63, 3.8) is 0 Å². The summed E-state index contributed by atoms with van der Waals surface area (Å²) in [6.07, 6.45) is 1.84. The summed E-state index contributed by atoms with van der Waals surface area (Å²) >= 11 is 3.53. The first kappa shape index (κ1) is 26.1. The lowest BCUT2D eigenvalue weighted by Gasteiger charge is -2.15. The molecule has 0 aromatic heterocycles. The number of benzene rings is 2. The summed E-state index contributed by atoms with van der Waals surface area (Å²) < 4.78 is 12.4. The summed E-state index contributed by atoms with van der Waals surface area (Å²) in [7, 11) is 0. The fourth-order valence-electron chi connectivity index (χ4n) is 3.24. The first-order valence-electron chi connectivity index (χ1n) is 11.1. The number of carbonyl (C=O) groups is 2. The van der Waals surface area contributed by atoms with Crippen LogP contribution in [0.3, 0.4) is 0 Å². The van der Waals surface area contributed by atoms with Crippen molar-refractivity contribution in [1.82, 2.24) is 4.90 Å². The Labute approximate surface area is 218 Å². The van der Waals surface area contributed by atoms with Gasteiger partial charge < -0.3 is 14.8 Å². The number of amidine groups is 1. The minimum absolute atomic E-state index is 0.0548. The number of aryl methyl sites for hydroxylation is 1. The van der Waals surface area contributed by atoms with Crippen molar-refractivity contribution < 1.29 is 19.1 Å². The number of rotatable bonds is 9. The van der Waals surface area contributed by atoms with Crippen LogP contribution in [0.2, 0.25) is 0 Å². The van der Waals surface area contributed by atoms with Crippen molar-refractivity contribution >= 4 is 63.1 Å².